The Kier molecular flexibility index (Phi) is 5.06. The third-order valence-corrected chi connectivity index (χ3v) is 4.76. The number of carbonyl (C=O) groups excluding carboxylic acids is 1. The first kappa shape index (κ1) is 18.1. The largest absolute Gasteiger partial charge is 0.493 e. The van der Waals surface area contributed by atoms with E-state index in [2.05, 4.69) is 9.97 Å². The number of aromatic nitrogens is 2. The van der Waals surface area contributed by atoms with Gasteiger partial charge in [0, 0.05) is 30.5 Å². The van der Waals surface area contributed by atoms with Gasteiger partial charge in [-0.3, -0.25) is 4.79 Å². The summed E-state index contributed by atoms with van der Waals surface area (Å²) in [6, 6.07) is 3.93. The summed E-state index contributed by atoms with van der Waals surface area (Å²) in [5, 5.41) is 0. The standard InChI is InChI=1S/C19H25N3O4/c1-11(2)22-10-12(8-16(22)23)19-20-9-14(21-19)13-6-7-15(24-3)18(26-5)17(13)25-4/h6-7,9,11-12H,8,10H2,1-5H3,(H,20,21). The molecule has 0 spiro atoms. The van der Waals surface area contributed by atoms with Gasteiger partial charge in [0.25, 0.3) is 0 Å². The van der Waals surface area contributed by atoms with E-state index >= 15 is 0 Å². The smallest absolute Gasteiger partial charge is 0.223 e. The zero-order valence-corrected chi connectivity index (χ0v) is 15.8. The second-order valence-electron chi connectivity index (χ2n) is 6.60. The number of hydrogen-bond donors (Lipinski definition) is 1. The van der Waals surface area contributed by atoms with Crippen LogP contribution in [-0.2, 0) is 4.79 Å². The predicted molar refractivity (Wildman–Crippen MR) is 97.9 cm³/mol. The highest BCUT2D eigenvalue weighted by atomic mass is 16.5. The molecule has 1 amide bonds. The Balaban J connectivity index is 1.92. The molecule has 2 aromatic rings. The lowest BCUT2D eigenvalue weighted by Gasteiger charge is -2.20. The zero-order valence-electron chi connectivity index (χ0n) is 15.8. The van der Waals surface area contributed by atoms with E-state index in [1.807, 2.05) is 30.9 Å². The van der Waals surface area contributed by atoms with Gasteiger partial charge < -0.3 is 24.1 Å². The van der Waals surface area contributed by atoms with E-state index in [1.165, 1.54) is 0 Å². The molecule has 0 radical (unpaired) electrons. The summed E-state index contributed by atoms with van der Waals surface area (Å²) in [6.45, 7) is 4.75. The molecule has 1 N–H and O–H groups in total. The molecule has 1 atom stereocenters. The van der Waals surface area contributed by atoms with Gasteiger partial charge in [0.05, 0.1) is 33.2 Å². The molecule has 1 fully saturated rings. The number of rotatable bonds is 6. The number of H-pyrrole nitrogens is 1. The minimum atomic E-state index is 0.0739. The Morgan fingerprint density at radius 2 is 1.88 bits per heavy atom. The molecule has 7 nitrogen and oxygen atoms in total. The van der Waals surface area contributed by atoms with E-state index in [0.29, 0.717) is 30.2 Å². The Hall–Kier alpha value is -2.70. The van der Waals surface area contributed by atoms with Crippen molar-refractivity contribution in [2.75, 3.05) is 27.9 Å². The Morgan fingerprint density at radius 1 is 1.15 bits per heavy atom. The van der Waals surface area contributed by atoms with Crippen molar-refractivity contribution in [1.29, 1.82) is 0 Å². The van der Waals surface area contributed by atoms with Gasteiger partial charge >= 0.3 is 0 Å². The van der Waals surface area contributed by atoms with Crippen LogP contribution in [-0.4, -0.2) is 54.7 Å². The number of amides is 1. The van der Waals surface area contributed by atoms with Crippen LogP contribution in [0.5, 0.6) is 17.2 Å². The lowest BCUT2D eigenvalue weighted by atomic mass is 10.1. The van der Waals surface area contributed by atoms with Crippen molar-refractivity contribution in [1.82, 2.24) is 14.9 Å². The highest BCUT2D eigenvalue weighted by Gasteiger charge is 2.33. The fourth-order valence-corrected chi connectivity index (χ4v) is 3.41. The van der Waals surface area contributed by atoms with Gasteiger partial charge in [-0.2, -0.15) is 0 Å². The first-order chi connectivity index (χ1) is 12.5. The topological polar surface area (TPSA) is 76.7 Å². The predicted octanol–water partition coefficient (Wildman–Crippen LogP) is 2.83. The quantitative estimate of drug-likeness (QED) is 0.858. The van der Waals surface area contributed by atoms with E-state index < -0.39 is 0 Å². The number of aromatic amines is 1. The van der Waals surface area contributed by atoms with Gasteiger partial charge in [0.2, 0.25) is 11.7 Å². The number of benzene rings is 1. The Bertz CT molecular complexity index is 800. The van der Waals surface area contributed by atoms with Crippen molar-refractivity contribution in [3.63, 3.8) is 0 Å². The molecule has 0 bridgehead atoms. The van der Waals surface area contributed by atoms with E-state index in [1.54, 1.807) is 27.5 Å². The van der Waals surface area contributed by atoms with E-state index in [-0.39, 0.29) is 17.9 Å². The van der Waals surface area contributed by atoms with Crippen molar-refractivity contribution < 1.29 is 19.0 Å². The van der Waals surface area contributed by atoms with Crippen LogP contribution in [0.25, 0.3) is 11.3 Å². The number of nitrogens with zero attached hydrogens (tertiary/aromatic N) is 2. The minimum Gasteiger partial charge on any atom is -0.493 e. The molecule has 1 aromatic heterocycles. The molecule has 7 heteroatoms. The van der Waals surface area contributed by atoms with E-state index in [0.717, 1.165) is 17.1 Å². The van der Waals surface area contributed by atoms with Crippen molar-refractivity contribution in [3.05, 3.63) is 24.2 Å². The summed E-state index contributed by atoms with van der Waals surface area (Å²) < 4.78 is 16.3. The molecule has 1 saturated heterocycles. The molecular formula is C19H25N3O4. The lowest BCUT2D eigenvalue weighted by molar-refractivity contribution is -0.129. The maximum absolute atomic E-state index is 12.2. The van der Waals surface area contributed by atoms with Crippen molar-refractivity contribution in [2.24, 2.45) is 0 Å². The third-order valence-electron chi connectivity index (χ3n) is 4.76. The van der Waals surface area contributed by atoms with Gasteiger partial charge in [-0.15, -0.1) is 0 Å². The number of nitrogens with one attached hydrogen (secondary N) is 1. The van der Waals surface area contributed by atoms with Crippen LogP contribution in [0.1, 0.15) is 32.0 Å². The SMILES string of the molecule is COc1ccc(-c2cnc(C3CC(=O)N(C(C)C)C3)[nH]2)c(OC)c1OC. The van der Waals surface area contributed by atoms with Gasteiger partial charge in [-0.25, -0.2) is 4.98 Å². The van der Waals surface area contributed by atoms with Crippen LogP contribution in [0.15, 0.2) is 18.3 Å². The van der Waals surface area contributed by atoms with Crippen molar-refractivity contribution in [3.8, 4) is 28.5 Å². The molecule has 140 valence electrons. The molecular weight excluding hydrogens is 334 g/mol. The number of carbonyl (C=O) groups is 1. The van der Waals surface area contributed by atoms with Crippen LogP contribution < -0.4 is 14.2 Å². The fourth-order valence-electron chi connectivity index (χ4n) is 3.41. The first-order valence-electron chi connectivity index (χ1n) is 8.63. The first-order valence-corrected chi connectivity index (χ1v) is 8.63. The molecule has 1 aromatic carbocycles. The van der Waals surface area contributed by atoms with E-state index in [4.69, 9.17) is 14.2 Å². The number of hydrogen-bond acceptors (Lipinski definition) is 5. The maximum atomic E-state index is 12.2. The average molecular weight is 359 g/mol. The number of imidazole rings is 1. The van der Waals surface area contributed by atoms with E-state index in [9.17, 15) is 4.79 Å². The second-order valence-corrected chi connectivity index (χ2v) is 6.60. The minimum absolute atomic E-state index is 0.0739. The number of methoxy groups -OCH3 is 3. The fraction of sp³-hybridized carbons (Fsp3) is 0.474. The molecule has 1 aliphatic rings. The molecule has 3 rings (SSSR count). The summed E-state index contributed by atoms with van der Waals surface area (Å²) in [5.74, 6) is 2.77. The second kappa shape index (κ2) is 7.27. The zero-order chi connectivity index (χ0) is 18.8. The maximum Gasteiger partial charge on any atom is 0.223 e. The number of ether oxygens (including phenoxy) is 3. The van der Waals surface area contributed by atoms with Gasteiger partial charge in [0.1, 0.15) is 5.82 Å². The molecule has 1 aliphatic heterocycles. The Labute approximate surface area is 153 Å². The van der Waals surface area contributed by atoms with Gasteiger partial charge in [0.15, 0.2) is 11.5 Å². The van der Waals surface area contributed by atoms with Crippen LogP contribution in [0, 0.1) is 0 Å². The molecule has 1 unspecified atom stereocenters. The average Bonchev–Trinajstić information content (AvgIpc) is 3.26. The van der Waals surface area contributed by atoms with Crippen LogP contribution in [0.3, 0.4) is 0 Å². The van der Waals surface area contributed by atoms with Crippen LogP contribution in [0.2, 0.25) is 0 Å². The van der Waals surface area contributed by atoms with Gasteiger partial charge in [-0.05, 0) is 26.0 Å². The monoisotopic (exact) mass is 359 g/mol. The molecule has 0 saturated carbocycles. The summed E-state index contributed by atoms with van der Waals surface area (Å²) in [4.78, 5) is 21.9. The van der Waals surface area contributed by atoms with Crippen molar-refractivity contribution in [2.45, 2.75) is 32.2 Å². The van der Waals surface area contributed by atoms with Crippen molar-refractivity contribution >= 4 is 5.91 Å². The van der Waals surface area contributed by atoms with Crippen LogP contribution >= 0.6 is 0 Å². The lowest BCUT2D eigenvalue weighted by Crippen LogP contribution is -2.31. The normalized spacial score (nSPS) is 17.1. The highest BCUT2D eigenvalue weighted by Crippen LogP contribution is 2.44. The number of likely N-dealkylation sites (tertiary alicyclic amines) is 1. The summed E-state index contributed by atoms with van der Waals surface area (Å²) in [5.41, 5.74) is 1.64. The third kappa shape index (κ3) is 3.09. The summed E-state index contributed by atoms with van der Waals surface area (Å²) >= 11 is 0. The van der Waals surface area contributed by atoms with Crippen LogP contribution in [0.4, 0.5) is 0 Å². The Morgan fingerprint density at radius 3 is 2.46 bits per heavy atom. The van der Waals surface area contributed by atoms with Gasteiger partial charge in [-0.1, -0.05) is 0 Å². The summed E-state index contributed by atoms with van der Waals surface area (Å²) in [7, 11) is 4.75. The molecule has 26 heavy (non-hydrogen) atoms. The molecule has 0 aliphatic carbocycles. The molecule has 2 heterocycles. The summed E-state index contributed by atoms with van der Waals surface area (Å²) in [6.07, 6.45) is 2.25. The highest BCUT2D eigenvalue weighted by molar-refractivity contribution is 5.80.